The zero-order chi connectivity index (χ0) is 24.4. The SMILES string of the molecule is CC(O)C(NC(=O)C(N)CC(=O)O)C(=O)NC(CS)C(=O)NC(Cc1cnc[nH]1)C(=O)O. The Bertz CT molecular complexity index is 818. The number of nitrogens with one attached hydrogen (secondary N) is 4. The minimum Gasteiger partial charge on any atom is -0.481 e. The standard InChI is InChI=1S/C17H26N6O8S/c1-7(24)13(23-14(27)9(18)3-12(25)26)16(29)22-11(5-32)15(28)21-10(17(30)31)2-8-4-19-6-20-8/h4,6-7,9-11,13,24,32H,2-3,5,18H2,1H3,(H,19,20)(H,21,28)(H,22,29)(H,23,27)(H,25,26)(H,30,31). The van der Waals surface area contributed by atoms with Crippen LogP contribution in [0.2, 0.25) is 0 Å². The highest BCUT2D eigenvalue weighted by Gasteiger charge is 2.32. The maximum atomic E-state index is 12.5. The van der Waals surface area contributed by atoms with Crippen LogP contribution in [-0.2, 0) is 30.4 Å². The highest BCUT2D eigenvalue weighted by atomic mass is 32.1. The second-order valence-electron chi connectivity index (χ2n) is 6.86. The molecule has 0 aliphatic heterocycles. The summed E-state index contributed by atoms with van der Waals surface area (Å²) in [4.78, 5) is 65.6. The fraction of sp³-hybridized carbons (Fsp3) is 0.529. The summed E-state index contributed by atoms with van der Waals surface area (Å²) in [5.41, 5.74) is 5.89. The van der Waals surface area contributed by atoms with Gasteiger partial charge in [0.2, 0.25) is 17.7 Å². The van der Waals surface area contributed by atoms with Gasteiger partial charge in [-0.15, -0.1) is 0 Å². The number of aliphatic carboxylic acids is 2. The molecule has 1 heterocycles. The van der Waals surface area contributed by atoms with E-state index in [1.807, 2.05) is 0 Å². The van der Waals surface area contributed by atoms with E-state index in [1.54, 1.807) is 0 Å². The van der Waals surface area contributed by atoms with Crippen molar-refractivity contribution in [2.45, 2.75) is 50.0 Å². The zero-order valence-corrected chi connectivity index (χ0v) is 17.9. The number of imidazole rings is 1. The van der Waals surface area contributed by atoms with Crippen molar-refractivity contribution in [2.75, 3.05) is 5.75 Å². The summed E-state index contributed by atoms with van der Waals surface area (Å²) in [7, 11) is 0. The maximum absolute atomic E-state index is 12.5. The van der Waals surface area contributed by atoms with Gasteiger partial charge >= 0.3 is 11.9 Å². The van der Waals surface area contributed by atoms with Gasteiger partial charge in [0.25, 0.3) is 0 Å². The Balaban J connectivity index is 2.81. The van der Waals surface area contributed by atoms with Crippen LogP contribution in [0.25, 0.3) is 0 Å². The fourth-order valence-corrected chi connectivity index (χ4v) is 2.75. The molecule has 3 amide bonds. The number of thiol groups is 1. The molecule has 0 aliphatic rings. The molecule has 0 saturated heterocycles. The quantitative estimate of drug-likeness (QED) is 0.128. The molecule has 0 fully saturated rings. The van der Waals surface area contributed by atoms with Crippen molar-refractivity contribution in [3.8, 4) is 0 Å². The lowest BCUT2D eigenvalue weighted by atomic mass is 10.1. The van der Waals surface area contributed by atoms with E-state index in [0.717, 1.165) is 0 Å². The predicted molar refractivity (Wildman–Crippen MR) is 111 cm³/mol. The molecule has 0 bridgehead atoms. The Morgan fingerprint density at radius 2 is 1.72 bits per heavy atom. The van der Waals surface area contributed by atoms with Crippen LogP contribution in [0.5, 0.6) is 0 Å². The van der Waals surface area contributed by atoms with Gasteiger partial charge in [0.1, 0.15) is 18.1 Å². The van der Waals surface area contributed by atoms with E-state index >= 15 is 0 Å². The number of hydrogen-bond acceptors (Lipinski definition) is 9. The Labute approximate surface area is 187 Å². The first kappa shape index (κ1) is 26.9. The van der Waals surface area contributed by atoms with Gasteiger partial charge in [0.15, 0.2) is 0 Å². The smallest absolute Gasteiger partial charge is 0.326 e. The molecule has 0 radical (unpaired) electrons. The molecular formula is C17H26N6O8S. The molecule has 15 heteroatoms. The minimum atomic E-state index is -1.56. The number of aromatic amines is 1. The average molecular weight is 474 g/mol. The van der Waals surface area contributed by atoms with Gasteiger partial charge in [-0.1, -0.05) is 0 Å². The summed E-state index contributed by atoms with van der Waals surface area (Å²) in [6.07, 6.45) is 0.521. The van der Waals surface area contributed by atoms with Crippen LogP contribution < -0.4 is 21.7 Å². The van der Waals surface area contributed by atoms with Crippen LogP contribution in [-0.4, -0.2) is 91.0 Å². The first-order valence-electron chi connectivity index (χ1n) is 9.33. The summed E-state index contributed by atoms with van der Waals surface area (Å²) in [6, 6.07) is -5.66. The number of amides is 3. The Morgan fingerprint density at radius 1 is 1.09 bits per heavy atom. The highest BCUT2D eigenvalue weighted by molar-refractivity contribution is 7.80. The van der Waals surface area contributed by atoms with Crippen LogP contribution >= 0.6 is 12.6 Å². The summed E-state index contributed by atoms with van der Waals surface area (Å²) < 4.78 is 0. The fourth-order valence-electron chi connectivity index (χ4n) is 2.49. The van der Waals surface area contributed by atoms with E-state index in [9.17, 15) is 34.2 Å². The van der Waals surface area contributed by atoms with Crippen LogP contribution in [0.4, 0.5) is 0 Å². The number of carbonyl (C=O) groups excluding carboxylic acids is 3. The number of nitrogens with two attached hydrogens (primary N) is 1. The van der Waals surface area contributed by atoms with E-state index in [1.165, 1.54) is 19.4 Å². The molecule has 0 saturated carbocycles. The van der Waals surface area contributed by atoms with Crippen molar-refractivity contribution in [3.05, 3.63) is 18.2 Å². The van der Waals surface area contributed by atoms with Gasteiger partial charge in [-0.05, 0) is 6.92 Å². The summed E-state index contributed by atoms with van der Waals surface area (Å²) in [5.74, 6) is -5.72. The monoisotopic (exact) mass is 474 g/mol. The van der Waals surface area contributed by atoms with E-state index in [0.29, 0.717) is 5.69 Å². The number of carboxylic acids is 2. The van der Waals surface area contributed by atoms with Crippen LogP contribution in [0.1, 0.15) is 19.0 Å². The molecule has 0 aliphatic carbocycles. The van der Waals surface area contributed by atoms with E-state index in [4.69, 9.17) is 10.8 Å². The van der Waals surface area contributed by atoms with Gasteiger partial charge in [0, 0.05) is 24.1 Å². The Kier molecular flexibility index (Phi) is 10.6. The third-order valence-corrected chi connectivity index (χ3v) is 4.57. The molecule has 5 unspecified atom stereocenters. The number of nitrogens with zero attached hydrogens (tertiary/aromatic N) is 1. The first-order valence-corrected chi connectivity index (χ1v) is 9.97. The second-order valence-corrected chi connectivity index (χ2v) is 7.22. The van der Waals surface area contributed by atoms with Crippen molar-refractivity contribution in [1.29, 1.82) is 0 Å². The summed E-state index contributed by atoms with van der Waals surface area (Å²) in [6.45, 7) is 1.19. The number of hydrogen-bond donors (Lipinski definition) is 9. The number of carbonyl (C=O) groups is 5. The maximum Gasteiger partial charge on any atom is 0.326 e. The van der Waals surface area contributed by atoms with Crippen molar-refractivity contribution < 1.29 is 39.3 Å². The molecule has 178 valence electrons. The van der Waals surface area contributed by atoms with E-state index in [-0.39, 0.29) is 12.2 Å². The largest absolute Gasteiger partial charge is 0.481 e. The molecule has 0 spiro atoms. The molecule has 1 aromatic rings. The Morgan fingerprint density at radius 3 is 2.19 bits per heavy atom. The molecule has 1 aromatic heterocycles. The third-order valence-electron chi connectivity index (χ3n) is 4.20. The van der Waals surface area contributed by atoms with E-state index in [2.05, 4.69) is 38.5 Å². The lowest BCUT2D eigenvalue weighted by Crippen LogP contribution is -2.60. The summed E-state index contributed by atoms with van der Waals surface area (Å²) in [5, 5.41) is 34.6. The lowest BCUT2D eigenvalue weighted by molar-refractivity contribution is -0.142. The van der Waals surface area contributed by atoms with Gasteiger partial charge in [-0.2, -0.15) is 12.6 Å². The number of H-pyrrole nitrogens is 1. The average Bonchev–Trinajstić information content (AvgIpc) is 3.21. The topological polar surface area (TPSA) is 237 Å². The lowest BCUT2D eigenvalue weighted by Gasteiger charge is -2.25. The van der Waals surface area contributed by atoms with Gasteiger partial charge < -0.3 is 42.0 Å². The van der Waals surface area contributed by atoms with Crippen LogP contribution in [0.15, 0.2) is 12.5 Å². The van der Waals surface area contributed by atoms with Gasteiger partial charge in [0.05, 0.1) is 24.9 Å². The number of rotatable bonds is 13. The van der Waals surface area contributed by atoms with Gasteiger partial charge in [-0.3, -0.25) is 19.2 Å². The molecule has 1 rings (SSSR count). The number of aliphatic hydroxyl groups excluding tert-OH is 1. The van der Waals surface area contributed by atoms with Gasteiger partial charge in [-0.25, -0.2) is 9.78 Å². The summed E-state index contributed by atoms with van der Waals surface area (Å²) >= 11 is 3.98. The predicted octanol–water partition coefficient (Wildman–Crippen LogP) is -3.40. The second kappa shape index (κ2) is 12.6. The molecule has 14 nitrogen and oxygen atoms in total. The van der Waals surface area contributed by atoms with E-state index < -0.39 is 66.4 Å². The molecule has 5 atom stereocenters. The van der Waals surface area contributed by atoms with Crippen molar-refractivity contribution >= 4 is 42.3 Å². The molecule has 0 aromatic carbocycles. The number of aliphatic hydroxyl groups is 1. The van der Waals surface area contributed by atoms with Crippen LogP contribution in [0.3, 0.4) is 0 Å². The van der Waals surface area contributed by atoms with Crippen molar-refractivity contribution in [3.63, 3.8) is 0 Å². The third kappa shape index (κ3) is 8.52. The molecule has 9 N–H and O–H groups in total. The van der Waals surface area contributed by atoms with Crippen molar-refractivity contribution in [2.24, 2.45) is 5.73 Å². The highest BCUT2D eigenvalue weighted by Crippen LogP contribution is 2.02. The Hall–Kier alpha value is -3.17. The molecular weight excluding hydrogens is 448 g/mol. The number of aromatic nitrogens is 2. The first-order chi connectivity index (χ1) is 15.0. The normalized spacial score (nSPS) is 15.5. The van der Waals surface area contributed by atoms with Crippen molar-refractivity contribution in [1.82, 2.24) is 25.9 Å². The molecule has 32 heavy (non-hydrogen) atoms. The minimum absolute atomic E-state index is 0.0951. The van der Waals surface area contributed by atoms with Crippen LogP contribution in [0, 0.1) is 0 Å². The number of carboxylic acid groups (broad SMARTS) is 2. The zero-order valence-electron chi connectivity index (χ0n) is 17.0.